The summed E-state index contributed by atoms with van der Waals surface area (Å²) in [6.07, 6.45) is 3.86. The van der Waals surface area contributed by atoms with Gasteiger partial charge in [-0.25, -0.2) is 4.68 Å². The van der Waals surface area contributed by atoms with E-state index in [9.17, 15) is 9.90 Å². The molecule has 0 fully saturated rings. The maximum absolute atomic E-state index is 12.0. The van der Waals surface area contributed by atoms with E-state index in [1.54, 1.807) is 6.07 Å². The van der Waals surface area contributed by atoms with Gasteiger partial charge in [0.05, 0.1) is 18.3 Å². The summed E-state index contributed by atoms with van der Waals surface area (Å²) in [5.41, 5.74) is 3.19. The molecule has 1 aromatic heterocycles. The van der Waals surface area contributed by atoms with E-state index in [2.05, 4.69) is 5.10 Å². The predicted molar refractivity (Wildman–Crippen MR) is 81.3 cm³/mol. The van der Waals surface area contributed by atoms with Crippen molar-refractivity contribution >= 4 is 0 Å². The fraction of sp³-hybridized carbons (Fsp3) is 0.412. The minimum absolute atomic E-state index is 0.102. The molecule has 0 saturated heterocycles. The summed E-state index contributed by atoms with van der Waals surface area (Å²) in [7, 11) is 0. The summed E-state index contributed by atoms with van der Waals surface area (Å²) in [6, 6.07) is 11.7. The van der Waals surface area contributed by atoms with Crippen molar-refractivity contribution in [2.45, 2.75) is 44.8 Å². The number of hydrogen-bond acceptors (Lipinski definition) is 3. The molecule has 1 aliphatic rings. The third kappa shape index (κ3) is 3.39. The molecule has 3 rings (SSSR count). The van der Waals surface area contributed by atoms with E-state index < -0.39 is 6.10 Å². The van der Waals surface area contributed by atoms with E-state index in [1.807, 2.05) is 30.3 Å². The second-order valence-electron chi connectivity index (χ2n) is 5.67. The van der Waals surface area contributed by atoms with Crippen LogP contribution in [0.4, 0.5) is 0 Å². The number of benzene rings is 1. The number of rotatable bonds is 5. The van der Waals surface area contributed by atoms with Gasteiger partial charge in [-0.2, -0.15) is 5.10 Å². The SMILES string of the molecule is O=c1cc2c(nn1CC(O)CCc1ccccc1)CCC2. The van der Waals surface area contributed by atoms with Gasteiger partial charge in [-0.15, -0.1) is 0 Å². The maximum Gasteiger partial charge on any atom is 0.267 e. The first-order valence-corrected chi connectivity index (χ1v) is 7.54. The van der Waals surface area contributed by atoms with Crippen LogP contribution in [-0.2, 0) is 25.8 Å². The van der Waals surface area contributed by atoms with Crippen LogP contribution < -0.4 is 5.56 Å². The molecule has 110 valence electrons. The Bertz CT molecular complexity index is 664. The highest BCUT2D eigenvalue weighted by atomic mass is 16.3. The molecular formula is C17H20N2O2. The number of aryl methyl sites for hydroxylation is 3. The Balaban J connectivity index is 1.62. The first-order valence-electron chi connectivity index (χ1n) is 7.54. The lowest BCUT2D eigenvalue weighted by Gasteiger charge is -2.12. The number of hydrogen-bond donors (Lipinski definition) is 1. The van der Waals surface area contributed by atoms with Crippen LogP contribution in [0.15, 0.2) is 41.2 Å². The molecule has 1 aliphatic carbocycles. The van der Waals surface area contributed by atoms with Gasteiger partial charge in [0.2, 0.25) is 0 Å². The highest BCUT2D eigenvalue weighted by Gasteiger charge is 2.16. The average Bonchev–Trinajstić information content (AvgIpc) is 2.94. The van der Waals surface area contributed by atoms with E-state index in [4.69, 9.17) is 0 Å². The van der Waals surface area contributed by atoms with Crippen LogP contribution in [-0.4, -0.2) is 21.0 Å². The zero-order chi connectivity index (χ0) is 14.7. The lowest BCUT2D eigenvalue weighted by molar-refractivity contribution is 0.138. The van der Waals surface area contributed by atoms with Gasteiger partial charge in [0.1, 0.15) is 0 Å². The summed E-state index contributed by atoms with van der Waals surface area (Å²) >= 11 is 0. The van der Waals surface area contributed by atoms with Crippen molar-refractivity contribution in [1.29, 1.82) is 0 Å². The third-order valence-electron chi connectivity index (χ3n) is 4.02. The molecule has 1 unspecified atom stereocenters. The van der Waals surface area contributed by atoms with Crippen molar-refractivity contribution in [3.63, 3.8) is 0 Å². The number of aliphatic hydroxyl groups excluding tert-OH is 1. The number of nitrogens with zero attached hydrogens (tertiary/aromatic N) is 2. The molecule has 0 spiro atoms. The molecule has 4 heteroatoms. The fourth-order valence-corrected chi connectivity index (χ4v) is 2.84. The molecule has 1 heterocycles. The van der Waals surface area contributed by atoms with Crippen molar-refractivity contribution < 1.29 is 5.11 Å². The molecule has 1 aromatic carbocycles. The Morgan fingerprint density at radius 2 is 2.05 bits per heavy atom. The largest absolute Gasteiger partial charge is 0.391 e. The van der Waals surface area contributed by atoms with Gasteiger partial charge in [0.15, 0.2) is 0 Å². The van der Waals surface area contributed by atoms with Gasteiger partial charge in [0.25, 0.3) is 5.56 Å². The minimum Gasteiger partial charge on any atom is -0.391 e. The zero-order valence-electron chi connectivity index (χ0n) is 12.0. The standard InChI is InChI=1S/C17H20N2O2/c20-15(10-9-13-5-2-1-3-6-13)12-19-17(21)11-14-7-4-8-16(14)18-19/h1-3,5-6,11,15,20H,4,7-10,12H2. The Morgan fingerprint density at radius 1 is 1.24 bits per heavy atom. The number of aliphatic hydroxyl groups is 1. The van der Waals surface area contributed by atoms with Gasteiger partial charge in [-0.3, -0.25) is 4.79 Å². The van der Waals surface area contributed by atoms with Crippen LogP contribution in [0.5, 0.6) is 0 Å². The van der Waals surface area contributed by atoms with Crippen molar-refractivity contribution in [3.05, 3.63) is 63.6 Å². The van der Waals surface area contributed by atoms with E-state index in [1.165, 1.54) is 10.2 Å². The van der Waals surface area contributed by atoms with Crippen molar-refractivity contribution in [2.24, 2.45) is 0 Å². The quantitative estimate of drug-likeness (QED) is 0.909. The van der Waals surface area contributed by atoms with Crippen molar-refractivity contribution in [1.82, 2.24) is 9.78 Å². The normalized spacial score (nSPS) is 14.9. The highest BCUT2D eigenvalue weighted by molar-refractivity contribution is 5.22. The van der Waals surface area contributed by atoms with Crippen LogP contribution >= 0.6 is 0 Å². The molecule has 4 nitrogen and oxygen atoms in total. The highest BCUT2D eigenvalue weighted by Crippen LogP contribution is 2.17. The Labute approximate surface area is 124 Å². The maximum atomic E-state index is 12.0. The molecule has 1 N–H and O–H groups in total. The number of fused-ring (bicyclic) bond motifs is 1. The smallest absolute Gasteiger partial charge is 0.267 e. The molecule has 0 radical (unpaired) electrons. The molecule has 0 aliphatic heterocycles. The van der Waals surface area contributed by atoms with Crippen LogP contribution in [0.2, 0.25) is 0 Å². The second-order valence-corrected chi connectivity index (χ2v) is 5.67. The van der Waals surface area contributed by atoms with Crippen LogP contribution in [0.3, 0.4) is 0 Å². The molecule has 2 aromatic rings. The van der Waals surface area contributed by atoms with Gasteiger partial charge >= 0.3 is 0 Å². The fourth-order valence-electron chi connectivity index (χ4n) is 2.84. The Kier molecular flexibility index (Phi) is 4.15. The lowest BCUT2D eigenvalue weighted by Crippen LogP contribution is -2.29. The van der Waals surface area contributed by atoms with Gasteiger partial charge in [-0.05, 0) is 43.2 Å². The summed E-state index contributed by atoms with van der Waals surface area (Å²) in [6.45, 7) is 0.277. The van der Waals surface area contributed by atoms with Crippen LogP contribution in [0.25, 0.3) is 0 Å². The third-order valence-corrected chi connectivity index (χ3v) is 4.02. The molecular weight excluding hydrogens is 264 g/mol. The molecule has 0 bridgehead atoms. The topological polar surface area (TPSA) is 55.1 Å². The minimum atomic E-state index is -0.546. The van der Waals surface area contributed by atoms with Gasteiger partial charge in [0, 0.05) is 6.07 Å². The van der Waals surface area contributed by atoms with Gasteiger partial charge in [-0.1, -0.05) is 30.3 Å². The number of aromatic nitrogens is 2. The molecule has 1 atom stereocenters. The van der Waals surface area contributed by atoms with E-state index in [0.29, 0.717) is 6.42 Å². The zero-order valence-corrected chi connectivity index (χ0v) is 12.0. The average molecular weight is 284 g/mol. The Hall–Kier alpha value is -1.94. The van der Waals surface area contributed by atoms with Gasteiger partial charge < -0.3 is 5.11 Å². The predicted octanol–water partition coefficient (Wildman–Crippen LogP) is 1.73. The van der Waals surface area contributed by atoms with Crippen molar-refractivity contribution in [3.8, 4) is 0 Å². The van der Waals surface area contributed by atoms with Crippen LogP contribution in [0.1, 0.15) is 29.7 Å². The van der Waals surface area contributed by atoms with Crippen LogP contribution in [0, 0.1) is 0 Å². The molecule has 0 amide bonds. The lowest BCUT2D eigenvalue weighted by atomic mass is 10.1. The molecule has 0 saturated carbocycles. The first kappa shape index (κ1) is 14.0. The summed E-state index contributed by atoms with van der Waals surface area (Å²) in [5.74, 6) is 0. The first-order chi connectivity index (χ1) is 10.2. The summed E-state index contributed by atoms with van der Waals surface area (Å²) in [4.78, 5) is 12.0. The Morgan fingerprint density at radius 3 is 2.86 bits per heavy atom. The van der Waals surface area contributed by atoms with E-state index in [0.717, 1.165) is 36.9 Å². The molecule has 21 heavy (non-hydrogen) atoms. The van der Waals surface area contributed by atoms with E-state index >= 15 is 0 Å². The summed E-state index contributed by atoms with van der Waals surface area (Å²) < 4.78 is 1.42. The second kappa shape index (κ2) is 6.22. The van der Waals surface area contributed by atoms with E-state index in [-0.39, 0.29) is 12.1 Å². The monoisotopic (exact) mass is 284 g/mol. The van der Waals surface area contributed by atoms with Crippen molar-refractivity contribution in [2.75, 3.05) is 0 Å². The summed E-state index contributed by atoms with van der Waals surface area (Å²) in [5, 5.41) is 14.5.